The molecule has 0 aliphatic carbocycles. The van der Waals surface area contributed by atoms with Crippen LogP contribution in [-0.4, -0.2) is 29.5 Å². The molecule has 0 fully saturated rings. The van der Waals surface area contributed by atoms with E-state index in [1.54, 1.807) is 0 Å². The van der Waals surface area contributed by atoms with Crippen molar-refractivity contribution in [1.29, 1.82) is 0 Å². The number of hydrogen-bond acceptors (Lipinski definition) is 5. The quantitative estimate of drug-likeness (QED) is 0.175. The monoisotopic (exact) mass is 678 g/mol. The molecular weight excluding hydrogens is 649 g/mol. The summed E-state index contributed by atoms with van der Waals surface area (Å²) in [6, 6.07) is 62.1. The first-order valence-corrected chi connectivity index (χ1v) is 17.6. The summed E-state index contributed by atoms with van der Waals surface area (Å²) in [7, 11) is 0. The lowest BCUT2D eigenvalue weighted by Gasteiger charge is -2.16. The maximum Gasteiger partial charge on any atom is 0.164 e. The zero-order valence-corrected chi connectivity index (χ0v) is 28.5. The minimum Gasteiger partial charge on any atom is -0.309 e. The molecule has 3 heterocycles. The summed E-state index contributed by atoms with van der Waals surface area (Å²) < 4.78 is 2.32. The van der Waals surface area contributed by atoms with Crippen LogP contribution in [0.1, 0.15) is 0 Å². The summed E-state index contributed by atoms with van der Waals surface area (Å²) >= 11 is 0. The van der Waals surface area contributed by atoms with E-state index >= 15 is 0 Å². The van der Waals surface area contributed by atoms with Gasteiger partial charge in [0.25, 0.3) is 0 Å². The van der Waals surface area contributed by atoms with Crippen LogP contribution in [0.25, 0.3) is 95.2 Å². The Labute approximate surface area is 305 Å². The number of nitrogens with zero attached hydrogens (tertiary/aromatic N) is 6. The summed E-state index contributed by atoms with van der Waals surface area (Å²) in [5.41, 5.74) is 9.46. The molecule has 0 N–H and O–H groups in total. The van der Waals surface area contributed by atoms with Crippen LogP contribution in [0.5, 0.6) is 0 Å². The maximum atomic E-state index is 5.36. The van der Waals surface area contributed by atoms with Crippen molar-refractivity contribution in [3.05, 3.63) is 182 Å². The first-order valence-electron chi connectivity index (χ1n) is 17.6. The Bertz CT molecular complexity index is 2830. The van der Waals surface area contributed by atoms with E-state index < -0.39 is 0 Å². The Morgan fingerprint density at radius 3 is 1.38 bits per heavy atom. The Balaban J connectivity index is 1.27. The topological polar surface area (TPSA) is 69.4 Å². The van der Waals surface area contributed by atoms with E-state index in [0.717, 1.165) is 61.1 Å². The van der Waals surface area contributed by atoms with Crippen molar-refractivity contribution in [1.82, 2.24) is 29.5 Å². The molecule has 53 heavy (non-hydrogen) atoms. The number of benzene rings is 7. The molecule has 0 saturated carbocycles. The minimum atomic E-state index is 0.566. The van der Waals surface area contributed by atoms with Gasteiger partial charge in [-0.15, -0.1) is 0 Å². The van der Waals surface area contributed by atoms with Crippen LogP contribution in [0.15, 0.2) is 182 Å². The molecule has 0 aliphatic rings. The molecule has 248 valence electrons. The summed E-state index contributed by atoms with van der Waals surface area (Å²) in [4.78, 5) is 25.7. The van der Waals surface area contributed by atoms with Gasteiger partial charge in [-0.25, -0.2) is 24.9 Å². The molecule has 6 nitrogen and oxygen atoms in total. The van der Waals surface area contributed by atoms with Crippen molar-refractivity contribution >= 4 is 32.7 Å². The number of fused-ring (bicyclic) bond motifs is 4. The average Bonchev–Trinajstić information content (AvgIpc) is 3.58. The summed E-state index contributed by atoms with van der Waals surface area (Å²) in [5, 5.41) is 3.36. The highest BCUT2D eigenvalue weighted by molar-refractivity contribution is 6.09. The third-order valence-corrected chi connectivity index (χ3v) is 9.67. The molecule has 10 rings (SSSR count). The van der Waals surface area contributed by atoms with E-state index in [4.69, 9.17) is 24.9 Å². The lowest BCUT2D eigenvalue weighted by atomic mass is 10.0. The summed E-state index contributed by atoms with van der Waals surface area (Å²) in [6.07, 6.45) is 0. The fourth-order valence-corrected chi connectivity index (χ4v) is 7.18. The van der Waals surface area contributed by atoms with Crippen LogP contribution in [0.3, 0.4) is 0 Å². The summed E-state index contributed by atoms with van der Waals surface area (Å²) in [5.74, 6) is 2.39. The van der Waals surface area contributed by atoms with Gasteiger partial charge in [0.2, 0.25) is 0 Å². The molecule has 0 saturated heterocycles. The van der Waals surface area contributed by atoms with Crippen molar-refractivity contribution < 1.29 is 0 Å². The molecule has 0 amide bonds. The van der Waals surface area contributed by atoms with E-state index in [1.165, 1.54) is 10.8 Å². The van der Waals surface area contributed by atoms with Crippen LogP contribution in [0.4, 0.5) is 0 Å². The van der Waals surface area contributed by atoms with Gasteiger partial charge < -0.3 is 4.57 Å². The van der Waals surface area contributed by atoms with Gasteiger partial charge in [0.15, 0.2) is 23.3 Å². The SMILES string of the molecule is c1ccc(-c2nc(-c3ccccc3)nc(-c3ccc(-n4c5ccccc5c5ccccc54)c(-c4nc(-c5ccccc5)c5ccccc5n4)c3)n2)cc1. The molecule has 0 unspecified atom stereocenters. The van der Waals surface area contributed by atoms with Crippen LogP contribution in [-0.2, 0) is 0 Å². The molecule has 6 heteroatoms. The van der Waals surface area contributed by atoms with Crippen LogP contribution in [0.2, 0.25) is 0 Å². The molecular formula is C47H30N6. The zero-order chi connectivity index (χ0) is 35.1. The van der Waals surface area contributed by atoms with E-state index in [-0.39, 0.29) is 0 Å². The largest absolute Gasteiger partial charge is 0.309 e. The van der Waals surface area contributed by atoms with Crippen molar-refractivity contribution in [2.45, 2.75) is 0 Å². The predicted molar refractivity (Wildman–Crippen MR) is 214 cm³/mol. The maximum absolute atomic E-state index is 5.36. The molecule has 0 atom stereocenters. The second-order valence-electron chi connectivity index (χ2n) is 12.9. The third kappa shape index (κ3) is 5.41. The van der Waals surface area contributed by atoms with Gasteiger partial charge in [-0.2, -0.15) is 0 Å². The minimum absolute atomic E-state index is 0.566. The van der Waals surface area contributed by atoms with Crippen molar-refractivity contribution in [3.63, 3.8) is 0 Å². The lowest BCUT2D eigenvalue weighted by Crippen LogP contribution is -2.03. The van der Waals surface area contributed by atoms with Crippen LogP contribution in [0, 0.1) is 0 Å². The van der Waals surface area contributed by atoms with Crippen molar-refractivity contribution in [2.75, 3.05) is 0 Å². The van der Waals surface area contributed by atoms with Gasteiger partial charge in [0.05, 0.1) is 27.9 Å². The fourth-order valence-electron chi connectivity index (χ4n) is 7.18. The van der Waals surface area contributed by atoms with E-state index in [2.05, 4.69) is 95.6 Å². The molecule has 0 aliphatic heterocycles. The molecule has 3 aromatic heterocycles. The van der Waals surface area contributed by atoms with E-state index in [1.807, 2.05) is 91.0 Å². The Morgan fingerprint density at radius 2 is 0.792 bits per heavy atom. The first-order chi connectivity index (χ1) is 26.3. The molecule has 0 bridgehead atoms. The van der Waals surface area contributed by atoms with Gasteiger partial charge in [-0.1, -0.05) is 146 Å². The third-order valence-electron chi connectivity index (χ3n) is 9.67. The highest BCUT2D eigenvalue weighted by Crippen LogP contribution is 2.39. The van der Waals surface area contributed by atoms with Crippen molar-refractivity contribution in [3.8, 4) is 62.5 Å². The Kier molecular flexibility index (Phi) is 7.36. The molecule has 10 aromatic rings. The average molecular weight is 679 g/mol. The Morgan fingerprint density at radius 1 is 0.321 bits per heavy atom. The predicted octanol–water partition coefficient (Wildman–Crippen LogP) is 11.2. The molecule has 7 aromatic carbocycles. The zero-order valence-electron chi connectivity index (χ0n) is 28.5. The smallest absolute Gasteiger partial charge is 0.164 e. The number of rotatable bonds is 6. The van der Waals surface area contributed by atoms with E-state index in [0.29, 0.717) is 23.3 Å². The number of hydrogen-bond donors (Lipinski definition) is 0. The van der Waals surface area contributed by atoms with E-state index in [9.17, 15) is 0 Å². The standard InChI is InChI=1S/C47H30N6/c1-4-16-31(17-5-1)43-37-24-10-13-25-39(37)48-47(49-43)38-30-34(28-29-42(38)53-40-26-14-11-22-35(40)36-23-12-15-27-41(36)53)46-51-44(32-18-6-2-7-19-32)50-45(52-46)33-20-8-3-9-21-33/h1-30H. The highest BCUT2D eigenvalue weighted by Gasteiger charge is 2.21. The van der Waals surface area contributed by atoms with Gasteiger partial charge in [0.1, 0.15) is 0 Å². The second-order valence-corrected chi connectivity index (χ2v) is 12.9. The molecule has 0 spiro atoms. The fraction of sp³-hybridized carbons (Fsp3) is 0. The van der Waals surface area contributed by atoms with Gasteiger partial charge >= 0.3 is 0 Å². The van der Waals surface area contributed by atoms with Gasteiger partial charge in [-0.3, -0.25) is 0 Å². The van der Waals surface area contributed by atoms with Crippen LogP contribution >= 0.6 is 0 Å². The summed E-state index contributed by atoms with van der Waals surface area (Å²) in [6.45, 7) is 0. The first kappa shape index (κ1) is 30.5. The molecule has 0 radical (unpaired) electrons. The normalized spacial score (nSPS) is 11.4. The number of para-hydroxylation sites is 3. The van der Waals surface area contributed by atoms with Crippen molar-refractivity contribution in [2.24, 2.45) is 0 Å². The van der Waals surface area contributed by atoms with Gasteiger partial charge in [-0.05, 0) is 36.4 Å². The van der Waals surface area contributed by atoms with Gasteiger partial charge in [0, 0.05) is 44.0 Å². The highest BCUT2D eigenvalue weighted by atomic mass is 15.0. The lowest BCUT2D eigenvalue weighted by molar-refractivity contribution is 1.07. The number of aromatic nitrogens is 6. The Hall–Kier alpha value is -7.31. The van der Waals surface area contributed by atoms with Crippen LogP contribution < -0.4 is 0 Å². The second kappa shape index (κ2) is 12.8.